The Morgan fingerprint density at radius 1 is 1.50 bits per heavy atom. The molecule has 0 aliphatic carbocycles. The van der Waals surface area contributed by atoms with Crippen molar-refractivity contribution in [2.24, 2.45) is 0 Å². The van der Waals surface area contributed by atoms with E-state index in [0.29, 0.717) is 11.3 Å². The Morgan fingerprint density at radius 2 is 2.08 bits per heavy atom. The minimum Gasteiger partial charge on any atom is -0.284 e. The number of alkyl halides is 3. The van der Waals surface area contributed by atoms with Crippen LogP contribution >= 0.6 is 27.3 Å². The average Bonchev–Trinajstić information content (AvgIpc) is 2.29. The zero-order chi connectivity index (χ0) is 9.35. The molecule has 0 aliphatic heterocycles. The number of hydrogen-bond donors (Lipinski definition) is 0. The highest BCUT2D eigenvalue weighted by Crippen LogP contribution is 2.34. The van der Waals surface area contributed by atoms with Gasteiger partial charge in [0.15, 0.2) is 9.61 Å². The Labute approximate surface area is 77.5 Å². The molecule has 0 aliphatic rings. The number of carbonyl (C=O) groups excluding carboxylic acids is 1. The summed E-state index contributed by atoms with van der Waals surface area (Å²) in [5, 5.41) is 0. The van der Waals surface area contributed by atoms with Crippen molar-refractivity contribution < 1.29 is 18.0 Å². The summed E-state index contributed by atoms with van der Waals surface area (Å²) >= 11 is 3.35. The SMILES string of the molecule is O=[C]c1sc(Br)nc1C(F)(F)F. The molecule has 0 saturated heterocycles. The molecule has 2 nitrogen and oxygen atoms in total. The molecule has 0 fully saturated rings. The van der Waals surface area contributed by atoms with E-state index in [1.165, 1.54) is 6.29 Å². The van der Waals surface area contributed by atoms with Gasteiger partial charge in [0.25, 0.3) is 0 Å². The lowest BCUT2D eigenvalue weighted by atomic mass is 10.4. The molecule has 0 bridgehead atoms. The van der Waals surface area contributed by atoms with Crippen LogP contribution in [0.5, 0.6) is 0 Å². The first-order chi connectivity index (χ1) is 5.45. The fourth-order valence-corrected chi connectivity index (χ4v) is 1.82. The van der Waals surface area contributed by atoms with Gasteiger partial charge in [-0.25, -0.2) is 4.98 Å². The summed E-state index contributed by atoms with van der Waals surface area (Å²) < 4.78 is 36.0. The van der Waals surface area contributed by atoms with Crippen molar-refractivity contribution in [1.29, 1.82) is 0 Å². The van der Waals surface area contributed by atoms with Crippen molar-refractivity contribution >= 4 is 33.6 Å². The van der Waals surface area contributed by atoms with Gasteiger partial charge in [-0.3, -0.25) is 4.79 Å². The third-order valence-electron chi connectivity index (χ3n) is 0.962. The highest BCUT2D eigenvalue weighted by atomic mass is 79.9. The molecule has 0 saturated carbocycles. The van der Waals surface area contributed by atoms with E-state index in [0.717, 1.165) is 0 Å². The van der Waals surface area contributed by atoms with E-state index in [9.17, 15) is 18.0 Å². The van der Waals surface area contributed by atoms with Gasteiger partial charge in [-0.05, 0) is 15.9 Å². The quantitative estimate of drug-likeness (QED) is 0.775. The number of nitrogens with zero attached hydrogens (tertiary/aromatic N) is 1. The summed E-state index contributed by atoms with van der Waals surface area (Å²) in [6, 6.07) is 0. The minimum atomic E-state index is -4.59. The van der Waals surface area contributed by atoms with Crippen molar-refractivity contribution in [2.45, 2.75) is 6.18 Å². The molecule has 0 amide bonds. The van der Waals surface area contributed by atoms with Gasteiger partial charge in [0.05, 0.1) is 0 Å². The highest BCUT2D eigenvalue weighted by molar-refractivity contribution is 9.11. The number of halogens is 4. The van der Waals surface area contributed by atoms with Crippen LogP contribution in [0.4, 0.5) is 13.2 Å². The maximum atomic E-state index is 12.0. The lowest BCUT2D eigenvalue weighted by molar-refractivity contribution is -0.140. The third kappa shape index (κ3) is 1.84. The number of thiazole rings is 1. The summed E-state index contributed by atoms with van der Waals surface area (Å²) in [5.41, 5.74) is -1.19. The molecule has 1 rings (SSSR count). The molecule has 1 radical (unpaired) electrons. The first-order valence-corrected chi connectivity index (χ1v) is 4.18. The second-order valence-corrected chi connectivity index (χ2v) is 4.02. The fraction of sp³-hybridized carbons (Fsp3) is 0.200. The van der Waals surface area contributed by atoms with Gasteiger partial charge in [-0.2, -0.15) is 13.2 Å². The molecule has 1 aromatic rings. The monoisotopic (exact) mass is 258 g/mol. The Hall–Kier alpha value is -0.430. The molecule has 0 unspecified atom stereocenters. The zero-order valence-corrected chi connectivity index (χ0v) is 7.68. The fourth-order valence-electron chi connectivity index (χ4n) is 0.555. The molecule has 0 atom stereocenters. The van der Waals surface area contributed by atoms with E-state index in [2.05, 4.69) is 20.9 Å². The minimum absolute atomic E-state index is 0.0215. The van der Waals surface area contributed by atoms with Crippen LogP contribution in [0.25, 0.3) is 0 Å². The number of hydrogen-bond acceptors (Lipinski definition) is 3. The summed E-state index contributed by atoms with van der Waals surface area (Å²) in [6.45, 7) is 0. The molecular formula is C5BrF3NOS. The van der Waals surface area contributed by atoms with Gasteiger partial charge < -0.3 is 0 Å². The van der Waals surface area contributed by atoms with Gasteiger partial charge in [-0.15, -0.1) is 11.3 Å². The largest absolute Gasteiger partial charge is 0.434 e. The van der Waals surface area contributed by atoms with Crippen molar-refractivity contribution in [3.63, 3.8) is 0 Å². The normalized spacial score (nSPS) is 11.7. The lowest BCUT2D eigenvalue weighted by Gasteiger charge is -2.00. The first-order valence-electron chi connectivity index (χ1n) is 2.57. The van der Waals surface area contributed by atoms with Crippen LogP contribution in [0.2, 0.25) is 0 Å². The van der Waals surface area contributed by atoms with E-state index < -0.39 is 16.7 Å². The lowest BCUT2D eigenvalue weighted by Crippen LogP contribution is -2.08. The Bertz CT molecular complexity index is 308. The van der Waals surface area contributed by atoms with Crippen LogP contribution in [0.1, 0.15) is 10.6 Å². The second-order valence-electron chi connectivity index (χ2n) is 1.74. The van der Waals surface area contributed by atoms with Crippen LogP contribution in [-0.2, 0) is 11.0 Å². The third-order valence-corrected chi connectivity index (χ3v) is 2.37. The molecule has 1 aromatic heterocycles. The maximum Gasteiger partial charge on any atom is 0.434 e. The second kappa shape index (κ2) is 3.14. The van der Waals surface area contributed by atoms with Crippen LogP contribution in [-0.4, -0.2) is 11.3 Å². The summed E-state index contributed by atoms with van der Waals surface area (Å²) in [6.07, 6.45) is -3.41. The maximum absolute atomic E-state index is 12.0. The molecule has 0 N–H and O–H groups in total. The van der Waals surface area contributed by atoms with E-state index >= 15 is 0 Å². The Kier molecular flexibility index (Phi) is 2.52. The molecule has 7 heteroatoms. The van der Waals surface area contributed by atoms with Gasteiger partial charge in [0, 0.05) is 0 Å². The standard InChI is InChI=1S/C5BrF3NOS/c6-4-10-3(5(7,8)9)2(1-11)12-4. The van der Waals surface area contributed by atoms with Crippen LogP contribution in [0.3, 0.4) is 0 Å². The Balaban J connectivity index is 3.22. The van der Waals surface area contributed by atoms with E-state index in [4.69, 9.17) is 0 Å². The summed E-state index contributed by atoms with van der Waals surface area (Å²) in [7, 11) is 0. The van der Waals surface area contributed by atoms with Crippen molar-refractivity contribution in [3.05, 3.63) is 14.5 Å². The molecule has 0 spiro atoms. The highest BCUT2D eigenvalue weighted by Gasteiger charge is 2.37. The van der Waals surface area contributed by atoms with E-state index in [1.54, 1.807) is 0 Å². The predicted octanol–water partition coefficient (Wildman–Crippen LogP) is 2.38. The van der Waals surface area contributed by atoms with Crippen LogP contribution in [0.15, 0.2) is 3.92 Å². The number of aromatic nitrogens is 1. The van der Waals surface area contributed by atoms with Gasteiger partial charge in [0.1, 0.15) is 4.88 Å². The summed E-state index contributed by atoms with van der Waals surface area (Å²) in [5.74, 6) is 0. The van der Waals surface area contributed by atoms with Crippen molar-refractivity contribution in [2.75, 3.05) is 0 Å². The van der Waals surface area contributed by atoms with E-state index in [-0.39, 0.29) is 3.92 Å². The van der Waals surface area contributed by atoms with Crippen LogP contribution in [0, 0.1) is 0 Å². The first kappa shape index (κ1) is 9.66. The molecular weight excluding hydrogens is 259 g/mol. The molecule has 1 heterocycles. The topological polar surface area (TPSA) is 30.0 Å². The average molecular weight is 259 g/mol. The zero-order valence-electron chi connectivity index (χ0n) is 5.28. The molecule has 0 aromatic carbocycles. The van der Waals surface area contributed by atoms with Gasteiger partial charge >= 0.3 is 6.18 Å². The van der Waals surface area contributed by atoms with Crippen LogP contribution < -0.4 is 0 Å². The van der Waals surface area contributed by atoms with Crippen molar-refractivity contribution in [1.82, 2.24) is 4.98 Å². The number of rotatable bonds is 1. The summed E-state index contributed by atoms with van der Waals surface area (Å²) in [4.78, 5) is 12.6. The molecule has 65 valence electrons. The Morgan fingerprint density at radius 3 is 2.42 bits per heavy atom. The van der Waals surface area contributed by atoms with E-state index in [1.807, 2.05) is 0 Å². The predicted molar refractivity (Wildman–Crippen MR) is 39.6 cm³/mol. The van der Waals surface area contributed by atoms with Gasteiger partial charge in [-0.1, -0.05) is 0 Å². The smallest absolute Gasteiger partial charge is 0.284 e. The van der Waals surface area contributed by atoms with Crippen molar-refractivity contribution in [3.8, 4) is 0 Å². The van der Waals surface area contributed by atoms with Gasteiger partial charge in [0.2, 0.25) is 6.29 Å². The molecule has 12 heavy (non-hydrogen) atoms.